The Morgan fingerprint density at radius 1 is 1.21 bits per heavy atom. The molecule has 0 bridgehead atoms. The summed E-state index contributed by atoms with van der Waals surface area (Å²) in [4.78, 5) is 13.9. The summed E-state index contributed by atoms with van der Waals surface area (Å²) < 4.78 is 2.04. The molecular formula is C25H29N5OS2. The molecule has 172 valence electrons. The Hall–Kier alpha value is -2.63. The molecule has 0 aliphatic heterocycles. The summed E-state index contributed by atoms with van der Waals surface area (Å²) in [6.07, 6.45) is 4.18. The lowest BCUT2D eigenvalue weighted by atomic mass is 9.87. The minimum atomic E-state index is -0.128. The molecule has 0 saturated carbocycles. The zero-order valence-electron chi connectivity index (χ0n) is 19.6. The number of hydrogen-bond donors (Lipinski definition) is 1. The molecule has 1 aliphatic carbocycles. The molecule has 0 fully saturated rings. The Morgan fingerprint density at radius 3 is 2.61 bits per heavy atom. The largest absolute Gasteiger partial charge is 0.316 e. The van der Waals surface area contributed by atoms with Crippen molar-refractivity contribution in [1.29, 1.82) is 5.26 Å². The van der Waals surface area contributed by atoms with Crippen LogP contribution in [0.1, 0.15) is 62.1 Å². The van der Waals surface area contributed by atoms with E-state index in [4.69, 9.17) is 0 Å². The molecule has 2 heterocycles. The quantitative estimate of drug-likeness (QED) is 0.451. The molecule has 8 heteroatoms. The highest BCUT2D eigenvalue weighted by Crippen LogP contribution is 2.37. The molecule has 0 radical (unpaired) electrons. The number of thioether (sulfide) groups is 1. The Morgan fingerprint density at radius 2 is 1.94 bits per heavy atom. The monoisotopic (exact) mass is 479 g/mol. The van der Waals surface area contributed by atoms with Crippen LogP contribution in [0.25, 0.3) is 11.4 Å². The van der Waals surface area contributed by atoms with E-state index in [1.54, 1.807) is 11.3 Å². The van der Waals surface area contributed by atoms with E-state index in [9.17, 15) is 10.1 Å². The van der Waals surface area contributed by atoms with Gasteiger partial charge in [-0.25, -0.2) is 0 Å². The van der Waals surface area contributed by atoms with Crippen LogP contribution in [0.5, 0.6) is 0 Å². The van der Waals surface area contributed by atoms with Gasteiger partial charge in [0.25, 0.3) is 0 Å². The van der Waals surface area contributed by atoms with Crippen molar-refractivity contribution in [3.05, 3.63) is 45.8 Å². The minimum absolute atomic E-state index is 0.0958. The maximum Gasteiger partial charge on any atom is 0.235 e. The van der Waals surface area contributed by atoms with Crippen LogP contribution in [-0.2, 0) is 29.6 Å². The number of aromatic nitrogens is 3. The summed E-state index contributed by atoms with van der Waals surface area (Å²) in [5, 5.41) is 22.7. The third-order valence-corrected chi connectivity index (χ3v) is 8.08. The lowest BCUT2D eigenvalue weighted by Gasteiger charge is -2.19. The molecule has 2 aromatic heterocycles. The van der Waals surface area contributed by atoms with Crippen molar-refractivity contribution in [1.82, 2.24) is 14.8 Å². The molecule has 0 saturated heterocycles. The second-order valence-electron chi connectivity index (χ2n) is 9.24. The van der Waals surface area contributed by atoms with Gasteiger partial charge in [-0.2, -0.15) is 5.26 Å². The number of benzene rings is 1. The lowest BCUT2D eigenvalue weighted by Crippen LogP contribution is -2.14. The fourth-order valence-electron chi connectivity index (χ4n) is 4.08. The molecule has 0 atom stereocenters. The van der Waals surface area contributed by atoms with Gasteiger partial charge in [0, 0.05) is 17.0 Å². The van der Waals surface area contributed by atoms with Gasteiger partial charge in [0.1, 0.15) is 11.1 Å². The van der Waals surface area contributed by atoms with Crippen molar-refractivity contribution < 1.29 is 4.79 Å². The third-order valence-electron chi connectivity index (χ3n) is 5.91. The molecule has 33 heavy (non-hydrogen) atoms. The second-order valence-corrected chi connectivity index (χ2v) is 11.3. The molecule has 1 aromatic carbocycles. The summed E-state index contributed by atoms with van der Waals surface area (Å²) in [5.74, 6) is 0.893. The van der Waals surface area contributed by atoms with E-state index in [2.05, 4.69) is 73.5 Å². The first-order chi connectivity index (χ1) is 15.8. The Kier molecular flexibility index (Phi) is 6.91. The van der Waals surface area contributed by atoms with Gasteiger partial charge in [-0.05, 0) is 49.1 Å². The molecule has 6 nitrogen and oxygen atoms in total. The Labute approximate surface area is 203 Å². The molecule has 3 aromatic rings. The zero-order chi connectivity index (χ0) is 23.6. The van der Waals surface area contributed by atoms with Crippen LogP contribution in [0.2, 0.25) is 0 Å². The molecule has 1 N–H and O–H groups in total. The molecule has 4 rings (SSSR count). The van der Waals surface area contributed by atoms with Gasteiger partial charge >= 0.3 is 0 Å². The number of hydrogen-bond acceptors (Lipinski definition) is 6. The Balaban J connectivity index is 1.45. The maximum atomic E-state index is 12.7. The second kappa shape index (κ2) is 9.70. The van der Waals surface area contributed by atoms with Crippen LogP contribution in [0.15, 0.2) is 29.4 Å². The van der Waals surface area contributed by atoms with Gasteiger partial charge in [-0.1, -0.05) is 56.8 Å². The van der Waals surface area contributed by atoms with E-state index < -0.39 is 0 Å². The number of nitriles is 1. The van der Waals surface area contributed by atoms with Crippen LogP contribution < -0.4 is 5.32 Å². The number of carbonyl (C=O) groups excluding carboxylic acids is 1. The first-order valence-electron chi connectivity index (χ1n) is 11.3. The minimum Gasteiger partial charge on any atom is -0.316 e. The predicted molar refractivity (Wildman–Crippen MR) is 135 cm³/mol. The molecular weight excluding hydrogens is 450 g/mol. The first kappa shape index (κ1) is 23.5. The predicted octanol–water partition coefficient (Wildman–Crippen LogP) is 5.81. The summed E-state index contributed by atoms with van der Waals surface area (Å²) >= 11 is 2.92. The van der Waals surface area contributed by atoms with E-state index in [-0.39, 0.29) is 17.1 Å². The number of carbonyl (C=O) groups is 1. The normalized spacial score (nSPS) is 13.4. The first-order valence-corrected chi connectivity index (χ1v) is 13.1. The molecule has 0 spiro atoms. The van der Waals surface area contributed by atoms with Crippen LogP contribution in [0, 0.1) is 11.3 Å². The number of nitrogens with one attached hydrogen (secondary N) is 1. The van der Waals surface area contributed by atoms with Gasteiger partial charge in [0.05, 0.1) is 11.3 Å². The van der Waals surface area contributed by atoms with E-state index in [1.165, 1.54) is 22.2 Å². The number of fused-ring (bicyclic) bond motifs is 1. The smallest absolute Gasteiger partial charge is 0.235 e. The van der Waals surface area contributed by atoms with Crippen molar-refractivity contribution in [3.8, 4) is 17.5 Å². The third kappa shape index (κ3) is 4.99. The number of nitrogens with zero attached hydrogens (tertiary/aromatic N) is 4. The molecule has 1 amide bonds. The molecule has 0 unspecified atom stereocenters. The highest BCUT2D eigenvalue weighted by Gasteiger charge is 2.22. The summed E-state index contributed by atoms with van der Waals surface area (Å²) in [6, 6.07) is 10.7. The average Bonchev–Trinajstić information content (AvgIpc) is 3.37. The van der Waals surface area contributed by atoms with Gasteiger partial charge < -0.3 is 9.88 Å². The van der Waals surface area contributed by atoms with E-state index in [0.29, 0.717) is 22.3 Å². The number of rotatable bonds is 6. The number of amides is 1. The van der Waals surface area contributed by atoms with Crippen molar-refractivity contribution >= 4 is 34.0 Å². The Bertz CT molecular complexity index is 1200. The number of anilines is 1. The SMILES string of the molecule is CCn1c(SCC(=O)Nc2sc3c(c2C#N)CCCC3)nnc1-c1ccc(C(C)(C)C)cc1. The number of aryl methyl sites for hydroxylation is 1. The van der Waals surface area contributed by atoms with Crippen molar-refractivity contribution in [2.24, 2.45) is 0 Å². The highest BCUT2D eigenvalue weighted by molar-refractivity contribution is 7.99. The topological polar surface area (TPSA) is 83.6 Å². The molecule has 1 aliphatic rings. The summed E-state index contributed by atoms with van der Waals surface area (Å²) in [7, 11) is 0. The average molecular weight is 480 g/mol. The van der Waals surface area contributed by atoms with Crippen LogP contribution in [0.4, 0.5) is 5.00 Å². The van der Waals surface area contributed by atoms with E-state index >= 15 is 0 Å². The highest BCUT2D eigenvalue weighted by atomic mass is 32.2. The summed E-state index contributed by atoms with van der Waals surface area (Å²) in [5.41, 5.74) is 4.15. The fraction of sp³-hybridized carbons (Fsp3) is 0.440. The van der Waals surface area contributed by atoms with Crippen molar-refractivity contribution in [2.75, 3.05) is 11.1 Å². The van der Waals surface area contributed by atoms with Gasteiger partial charge in [-0.3, -0.25) is 4.79 Å². The maximum absolute atomic E-state index is 12.7. The van der Waals surface area contributed by atoms with E-state index in [0.717, 1.165) is 42.6 Å². The van der Waals surface area contributed by atoms with Gasteiger partial charge in [-0.15, -0.1) is 21.5 Å². The standard InChI is InChI=1S/C25H29N5OS2/c1-5-30-22(16-10-12-17(13-11-16)25(2,3)4)28-29-24(30)32-15-21(31)27-23-19(14-26)18-8-6-7-9-20(18)33-23/h10-13H,5-9,15H2,1-4H3,(H,27,31). The van der Waals surface area contributed by atoms with Gasteiger partial charge in [0.15, 0.2) is 11.0 Å². The van der Waals surface area contributed by atoms with E-state index in [1.807, 2.05) is 4.57 Å². The fourth-order valence-corrected chi connectivity index (χ4v) is 6.14. The van der Waals surface area contributed by atoms with Crippen LogP contribution in [0.3, 0.4) is 0 Å². The van der Waals surface area contributed by atoms with Crippen LogP contribution in [-0.4, -0.2) is 26.4 Å². The van der Waals surface area contributed by atoms with Crippen LogP contribution >= 0.6 is 23.1 Å². The summed E-state index contributed by atoms with van der Waals surface area (Å²) in [6.45, 7) is 9.35. The number of thiophene rings is 1. The van der Waals surface area contributed by atoms with Gasteiger partial charge in [0.2, 0.25) is 5.91 Å². The van der Waals surface area contributed by atoms with Crippen molar-refractivity contribution in [2.45, 2.75) is 70.5 Å². The van der Waals surface area contributed by atoms with Crippen molar-refractivity contribution in [3.63, 3.8) is 0 Å². The lowest BCUT2D eigenvalue weighted by molar-refractivity contribution is -0.113. The zero-order valence-corrected chi connectivity index (χ0v) is 21.2.